The van der Waals surface area contributed by atoms with E-state index in [4.69, 9.17) is 5.73 Å². The molecule has 1 aliphatic carbocycles. The van der Waals surface area contributed by atoms with Crippen LogP contribution in [0.1, 0.15) is 33.6 Å². The van der Waals surface area contributed by atoms with Gasteiger partial charge in [-0.25, -0.2) is 4.98 Å². The molecule has 3 atom stereocenters. The first-order valence-corrected chi connectivity index (χ1v) is 7.15. The highest BCUT2D eigenvalue weighted by molar-refractivity contribution is 5.92. The molecule has 5 nitrogen and oxygen atoms in total. The highest BCUT2D eigenvalue weighted by Crippen LogP contribution is 2.48. The zero-order valence-corrected chi connectivity index (χ0v) is 11.5. The maximum Gasteiger partial charge on any atom is 0.274 e. The second-order valence-electron chi connectivity index (χ2n) is 5.73. The van der Waals surface area contributed by atoms with Crippen LogP contribution < -0.4 is 5.73 Å². The Morgan fingerprint density at radius 3 is 2.76 bits per heavy atom. The van der Waals surface area contributed by atoms with Gasteiger partial charge in [-0.1, -0.05) is 24.3 Å². The van der Waals surface area contributed by atoms with Crippen LogP contribution in [-0.2, 0) is 0 Å². The molecule has 2 N–H and O–H groups in total. The molecule has 1 aromatic heterocycles. The molecule has 1 saturated heterocycles. The molecule has 0 bridgehead atoms. The monoisotopic (exact) mass is 280 g/mol. The van der Waals surface area contributed by atoms with Gasteiger partial charge in [0, 0.05) is 43.4 Å². The standard InChI is InChI=1S/C16H16N4O/c17-15-11-4-2-1-3-10(11)12-8-20(9-13(12)15)16(21)14-7-18-5-6-19-14/h1-7,12-13,15H,8-9,17H2/t12-,13-,15+/m0/s1. The summed E-state index contributed by atoms with van der Waals surface area (Å²) in [5, 5.41) is 0. The van der Waals surface area contributed by atoms with Crippen LogP contribution in [0, 0.1) is 5.92 Å². The van der Waals surface area contributed by atoms with Crippen molar-refractivity contribution in [1.29, 1.82) is 0 Å². The zero-order valence-electron chi connectivity index (χ0n) is 11.5. The van der Waals surface area contributed by atoms with Crippen LogP contribution in [0.5, 0.6) is 0 Å². The highest BCUT2D eigenvalue weighted by Gasteiger charge is 2.46. The first kappa shape index (κ1) is 12.5. The molecule has 0 unspecified atom stereocenters. The van der Waals surface area contributed by atoms with Gasteiger partial charge in [-0.3, -0.25) is 9.78 Å². The van der Waals surface area contributed by atoms with Crippen molar-refractivity contribution >= 4 is 5.91 Å². The quantitative estimate of drug-likeness (QED) is 0.855. The predicted molar refractivity (Wildman–Crippen MR) is 77.5 cm³/mol. The average molecular weight is 280 g/mol. The number of carbonyl (C=O) groups excluding carboxylic acids is 1. The Balaban J connectivity index is 1.61. The molecule has 106 valence electrons. The summed E-state index contributed by atoms with van der Waals surface area (Å²) < 4.78 is 0. The molecular formula is C16H16N4O. The minimum Gasteiger partial charge on any atom is -0.336 e. The average Bonchev–Trinajstić information content (AvgIpc) is 3.08. The smallest absolute Gasteiger partial charge is 0.274 e. The Bertz CT molecular complexity index is 688. The lowest BCUT2D eigenvalue weighted by Crippen LogP contribution is -2.31. The fraction of sp³-hybridized carbons (Fsp3) is 0.312. The normalized spacial score (nSPS) is 26.5. The van der Waals surface area contributed by atoms with Gasteiger partial charge in [0.25, 0.3) is 5.91 Å². The van der Waals surface area contributed by atoms with Crippen LogP contribution in [-0.4, -0.2) is 33.9 Å². The molecule has 4 rings (SSSR count). The Labute approximate surface area is 122 Å². The molecule has 0 saturated carbocycles. The van der Waals surface area contributed by atoms with Gasteiger partial charge >= 0.3 is 0 Å². The summed E-state index contributed by atoms with van der Waals surface area (Å²) in [6.07, 6.45) is 4.64. The van der Waals surface area contributed by atoms with E-state index in [9.17, 15) is 4.79 Å². The van der Waals surface area contributed by atoms with Crippen LogP contribution in [0.25, 0.3) is 0 Å². The van der Waals surface area contributed by atoms with Gasteiger partial charge in [-0.15, -0.1) is 0 Å². The summed E-state index contributed by atoms with van der Waals surface area (Å²) >= 11 is 0. The van der Waals surface area contributed by atoms with Gasteiger partial charge in [-0.05, 0) is 11.1 Å². The molecule has 1 amide bonds. The van der Waals surface area contributed by atoms with E-state index >= 15 is 0 Å². The number of nitrogens with two attached hydrogens (primary N) is 1. The number of hydrogen-bond donors (Lipinski definition) is 1. The number of aromatic nitrogens is 2. The highest BCUT2D eigenvalue weighted by atomic mass is 16.2. The zero-order chi connectivity index (χ0) is 14.4. The summed E-state index contributed by atoms with van der Waals surface area (Å²) in [6.45, 7) is 1.40. The van der Waals surface area contributed by atoms with E-state index in [1.54, 1.807) is 12.4 Å². The number of carbonyl (C=O) groups is 1. The third-order valence-electron chi connectivity index (χ3n) is 4.65. The first-order chi connectivity index (χ1) is 10.3. The van der Waals surface area contributed by atoms with Crippen LogP contribution in [0.3, 0.4) is 0 Å². The molecule has 0 spiro atoms. The van der Waals surface area contributed by atoms with Gasteiger partial charge < -0.3 is 10.6 Å². The summed E-state index contributed by atoms with van der Waals surface area (Å²) in [4.78, 5) is 22.4. The molecule has 1 aromatic carbocycles. The fourth-order valence-electron chi connectivity index (χ4n) is 3.64. The number of rotatable bonds is 1. The molecule has 2 aliphatic rings. The van der Waals surface area contributed by atoms with Crippen LogP contribution in [0.15, 0.2) is 42.9 Å². The number of nitrogens with zero attached hydrogens (tertiary/aromatic N) is 3. The minimum absolute atomic E-state index is 0.0193. The summed E-state index contributed by atoms with van der Waals surface area (Å²) in [7, 11) is 0. The molecule has 2 aromatic rings. The van der Waals surface area contributed by atoms with Gasteiger partial charge in [0.1, 0.15) is 5.69 Å². The third kappa shape index (κ3) is 1.85. The second kappa shape index (κ2) is 4.63. The molecule has 5 heteroatoms. The number of amides is 1. The van der Waals surface area contributed by atoms with Crippen LogP contribution >= 0.6 is 0 Å². The maximum atomic E-state index is 12.5. The van der Waals surface area contributed by atoms with Crippen molar-refractivity contribution in [2.24, 2.45) is 11.7 Å². The Morgan fingerprint density at radius 2 is 2.00 bits per heavy atom. The fourth-order valence-corrected chi connectivity index (χ4v) is 3.64. The van der Waals surface area contributed by atoms with Crippen molar-refractivity contribution in [3.63, 3.8) is 0 Å². The lowest BCUT2D eigenvalue weighted by Gasteiger charge is -2.19. The molecule has 0 radical (unpaired) electrons. The lowest BCUT2D eigenvalue weighted by molar-refractivity contribution is 0.0777. The molecule has 21 heavy (non-hydrogen) atoms. The summed E-state index contributed by atoms with van der Waals surface area (Å²) in [6, 6.07) is 8.33. The minimum atomic E-state index is -0.0535. The second-order valence-corrected chi connectivity index (χ2v) is 5.73. The van der Waals surface area contributed by atoms with Gasteiger partial charge in [0.15, 0.2) is 0 Å². The Hall–Kier alpha value is -2.27. The van der Waals surface area contributed by atoms with E-state index in [1.807, 2.05) is 17.0 Å². The van der Waals surface area contributed by atoms with Crippen molar-refractivity contribution in [2.45, 2.75) is 12.0 Å². The first-order valence-electron chi connectivity index (χ1n) is 7.15. The number of benzene rings is 1. The van der Waals surface area contributed by atoms with Crippen molar-refractivity contribution in [2.75, 3.05) is 13.1 Å². The van der Waals surface area contributed by atoms with Gasteiger partial charge in [0.2, 0.25) is 0 Å². The molecule has 1 fully saturated rings. The SMILES string of the molecule is N[C@@H]1c2ccccc2[C@@H]2CN(C(=O)c3cnccn3)C[C@H]12. The van der Waals surface area contributed by atoms with Crippen molar-refractivity contribution < 1.29 is 4.79 Å². The molecule has 1 aliphatic heterocycles. The van der Waals surface area contributed by atoms with E-state index in [-0.39, 0.29) is 11.9 Å². The van der Waals surface area contributed by atoms with E-state index in [0.717, 1.165) is 0 Å². The largest absolute Gasteiger partial charge is 0.336 e. The number of hydrogen-bond acceptors (Lipinski definition) is 4. The Morgan fingerprint density at radius 1 is 1.19 bits per heavy atom. The van der Waals surface area contributed by atoms with E-state index in [2.05, 4.69) is 22.1 Å². The summed E-state index contributed by atoms with van der Waals surface area (Å²) in [5.74, 6) is 0.599. The third-order valence-corrected chi connectivity index (χ3v) is 4.65. The topological polar surface area (TPSA) is 72.1 Å². The number of likely N-dealkylation sites (tertiary alicyclic amines) is 1. The molecular weight excluding hydrogens is 264 g/mol. The van der Waals surface area contributed by atoms with E-state index in [1.165, 1.54) is 17.3 Å². The number of fused-ring (bicyclic) bond motifs is 3. The van der Waals surface area contributed by atoms with Crippen molar-refractivity contribution in [3.8, 4) is 0 Å². The maximum absolute atomic E-state index is 12.5. The lowest BCUT2D eigenvalue weighted by atomic mass is 9.95. The van der Waals surface area contributed by atoms with E-state index in [0.29, 0.717) is 30.6 Å². The van der Waals surface area contributed by atoms with E-state index < -0.39 is 0 Å². The molecule has 2 heterocycles. The predicted octanol–water partition coefficient (Wildman–Crippen LogP) is 1.35. The van der Waals surface area contributed by atoms with Crippen molar-refractivity contribution in [3.05, 3.63) is 59.7 Å². The van der Waals surface area contributed by atoms with Gasteiger partial charge in [0.05, 0.1) is 6.20 Å². The Kier molecular flexibility index (Phi) is 2.75. The van der Waals surface area contributed by atoms with Gasteiger partial charge in [-0.2, -0.15) is 0 Å². The summed E-state index contributed by atoms with van der Waals surface area (Å²) in [5.41, 5.74) is 9.30. The van der Waals surface area contributed by atoms with Crippen LogP contribution in [0.4, 0.5) is 0 Å². The van der Waals surface area contributed by atoms with Crippen molar-refractivity contribution in [1.82, 2.24) is 14.9 Å². The van der Waals surface area contributed by atoms with Crippen LogP contribution in [0.2, 0.25) is 0 Å².